The molecule has 0 saturated carbocycles. The lowest BCUT2D eigenvalue weighted by Gasteiger charge is -2.06. The molecule has 0 saturated heterocycles. The molecule has 3 aromatic rings. The number of methoxy groups -OCH3 is 1. The van der Waals surface area contributed by atoms with Crippen LogP contribution < -0.4 is 15.2 Å². The average molecular weight is 320 g/mol. The van der Waals surface area contributed by atoms with Crippen molar-refractivity contribution in [2.75, 3.05) is 26.1 Å². The predicted octanol–water partition coefficient (Wildman–Crippen LogP) is 2.26. The summed E-state index contributed by atoms with van der Waals surface area (Å²) >= 11 is 1.39. The van der Waals surface area contributed by atoms with E-state index < -0.39 is 5.82 Å². The Morgan fingerprint density at radius 1 is 1.36 bits per heavy atom. The maximum absolute atomic E-state index is 13.8. The van der Waals surface area contributed by atoms with Gasteiger partial charge in [-0.3, -0.25) is 4.79 Å². The van der Waals surface area contributed by atoms with Gasteiger partial charge in [0.05, 0.1) is 29.1 Å². The Morgan fingerprint density at radius 3 is 2.77 bits per heavy atom. The number of ether oxygens (including phenoxy) is 1. The van der Waals surface area contributed by atoms with Crippen molar-refractivity contribution in [3.63, 3.8) is 0 Å². The van der Waals surface area contributed by atoms with Crippen molar-refractivity contribution in [2.24, 2.45) is 0 Å². The minimum atomic E-state index is -0.558. The largest absolute Gasteiger partial charge is 0.494 e. The second kappa shape index (κ2) is 5.38. The quantitative estimate of drug-likeness (QED) is 0.801. The summed E-state index contributed by atoms with van der Waals surface area (Å²) in [4.78, 5) is 26.0. The number of anilines is 1. The van der Waals surface area contributed by atoms with Gasteiger partial charge in [-0.25, -0.2) is 14.4 Å². The van der Waals surface area contributed by atoms with Gasteiger partial charge in [-0.05, 0) is 6.07 Å². The van der Waals surface area contributed by atoms with E-state index in [1.54, 1.807) is 6.20 Å². The molecule has 0 aliphatic rings. The van der Waals surface area contributed by atoms with Gasteiger partial charge in [-0.1, -0.05) is 11.3 Å². The fourth-order valence-electron chi connectivity index (χ4n) is 1.99. The predicted molar refractivity (Wildman–Crippen MR) is 84.3 cm³/mol. The van der Waals surface area contributed by atoms with Crippen molar-refractivity contribution >= 4 is 27.4 Å². The summed E-state index contributed by atoms with van der Waals surface area (Å²) in [6.07, 6.45) is 1.63. The zero-order valence-corrected chi connectivity index (χ0v) is 13.0. The van der Waals surface area contributed by atoms with Gasteiger partial charge in [0.25, 0.3) is 5.56 Å². The van der Waals surface area contributed by atoms with Crippen LogP contribution in [0.15, 0.2) is 23.1 Å². The van der Waals surface area contributed by atoms with Gasteiger partial charge in [0, 0.05) is 20.2 Å². The molecule has 0 spiro atoms. The van der Waals surface area contributed by atoms with Crippen molar-refractivity contribution in [2.45, 2.75) is 0 Å². The van der Waals surface area contributed by atoms with E-state index in [-0.39, 0.29) is 22.2 Å². The monoisotopic (exact) mass is 320 g/mol. The lowest BCUT2D eigenvalue weighted by molar-refractivity contribution is 0.387. The topological polar surface area (TPSA) is 71.1 Å². The van der Waals surface area contributed by atoms with Gasteiger partial charge in [0.15, 0.2) is 22.5 Å². The zero-order valence-electron chi connectivity index (χ0n) is 12.2. The van der Waals surface area contributed by atoms with Crippen LogP contribution in [0.1, 0.15) is 0 Å². The first kappa shape index (κ1) is 14.5. The molecule has 0 bridgehead atoms. The number of halogens is 1. The normalized spacial score (nSPS) is 10.9. The van der Waals surface area contributed by atoms with Gasteiger partial charge >= 0.3 is 0 Å². The van der Waals surface area contributed by atoms with Crippen LogP contribution >= 0.6 is 11.3 Å². The molecule has 0 aliphatic carbocycles. The van der Waals surface area contributed by atoms with Crippen molar-refractivity contribution in [1.29, 1.82) is 0 Å². The number of hydrogen-bond acceptors (Lipinski definition) is 6. The van der Waals surface area contributed by atoms with Gasteiger partial charge in [0.1, 0.15) is 0 Å². The summed E-state index contributed by atoms with van der Waals surface area (Å²) in [7, 11) is 5.10. The third-order valence-electron chi connectivity index (χ3n) is 3.09. The molecule has 3 rings (SSSR count). The minimum Gasteiger partial charge on any atom is -0.494 e. The number of nitrogens with one attached hydrogen (secondary N) is 1. The first-order chi connectivity index (χ1) is 10.5. The molecule has 0 amide bonds. The van der Waals surface area contributed by atoms with Crippen molar-refractivity contribution in [3.05, 3.63) is 34.5 Å². The standard InChI is InChI=1S/C14H13FN4O2S/c1-19(2)14-16-6-11(22-14)12-17-9-5-8(15)10(21-3)4-7(9)13(20)18-12/h4-6H,1-3H3,(H,17,18,20). The van der Waals surface area contributed by atoms with Crippen LogP contribution in [0.4, 0.5) is 9.52 Å². The molecule has 6 nitrogen and oxygen atoms in total. The SMILES string of the molecule is COc1cc2c(=O)[nH]c(-c3cnc(N(C)C)s3)nc2cc1F. The van der Waals surface area contributed by atoms with Gasteiger partial charge in [-0.2, -0.15) is 0 Å². The van der Waals surface area contributed by atoms with E-state index >= 15 is 0 Å². The van der Waals surface area contributed by atoms with E-state index in [2.05, 4.69) is 15.0 Å². The van der Waals surface area contributed by atoms with Crippen LogP contribution in [-0.2, 0) is 0 Å². The molecule has 0 unspecified atom stereocenters. The highest BCUT2D eigenvalue weighted by molar-refractivity contribution is 7.18. The van der Waals surface area contributed by atoms with Crippen LogP contribution in [0.2, 0.25) is 0 Å². The Bertz CT molecular complexity index is 903. The highest BCUT2D eigenvalue weighted by atomic mass is 32.1. The molecule has 22 heavy (non-hydrogen) atoms. The number of aromatic amines is 1. The smallest absolute Gasteiger partial charge is 0.259 e. The lowest BCUT2D eigenvalue weighted by atomic mass is 10.2. The van der Waals surface area contributed by atoms with Crippen LogP contribution in [0.25, 0.3) is 21.6 Å². The second-order valence-electron chi connectivity index (χ2n) is 4.82. The Hall–Kier alpha value is -2.48. The zero-order chi connectivity index (χ0) is 15.9. The number of aromatic nitrogens is 3. The Labute approximate surface area is 129 Å². The number of H-pyrrole nitrogens is 1. The second-order valence-corrected chi connectivity index (χ2v) is 5.83. The number of benzene rings is 1. The molecule has 114 valence electrons. The highest BCUT2D eigenvalue weighted by Crippen LogP contribution is 2.29. The number of rotatable bonds is 3. The maximum atomic E-state index is 13.8. The van der Waals surface area contributed by atoms with Crippen LogP contribution in [0.3, 0.4) is 0 Å². The number of nitrogens with zero attached hydrogens (tertiary/aromatic N) is 3. The van der Waals surface area contributed by atoms with Gasteiger partial charge < -0.3 is 14.6 Å². The van der Waals surface area contributed by atoms with E-state index in [1.165, 1.54) is 30.6 Å². The van der Waals surface area contributed by atoms with Crippen molar-refractivity contribution in [3.8, 4) is 16.5 Å². The van der Waals surface area contributed by atoms with Gasteiger partial charge in [-0.15, -0.1) is 0 Å². The molecular weight excluding hydrogens is 307 g/mol. The molecule has 0 aliphatic heterocycles. The Morgan fingerprint density at radius 2 is 2.14 bits per heavy atom. The molecule has 0 fully saturated rings. The molecular formula is C14H13FN4O2S. The molecule has 1 aromatic carbocycles. The molecule has 2 heterocycles. The fraction of sp³-hybridized carbons (Fsp3) is 0.214. The summed E-state index contributed by atoms with van der Waals surface area (Å²) in [6, 6.07) is 2.54. The fourth-order valence-corrected chi connectivity index (χ4v) is 2.78. The van der Waals surface area contributed by atoms with E-state index in [4.69, 9.17) is 4.74 Å². The lowest BCUT2D eigenvalue weighted by Crippen LogP contribution is -2.10. The highest BCUT2D eigenvalue weighted by Gasteiger charge is 2.13. The molecule has 1 N–H and O–H groups in total. The summed E-state index contributed by atoms with van der Waals surface area (Å²) < 4.78 is 18.7. The van der Waals surface area contributed by atoms with E-state index in [1.807, 2.05) is 19.0 Å². The van der Waals surface area contributed by atoms with E-state index in [0.717, 1.165) is 5.13 Å². The first-order valence-corrected chi connectivity index (χ1v) is 7.22. The number of hydrogen-bond donors (Lipinski definition) is 1. The van der Waals surface area contributed by atoms with Crippen LogP contribution in [0, 0.1) is 5.82 Å². The van der Waals surface area contributed by atoms with E-state index in [0.29, 0.717) is 10.7 Å². The summed E-state index contributed by atoms with van der Waals surface area (Å²) in [5.41, 5.74) is -0.0741. The average Bonchev–Trinajstić information content (AvgIpc) is 2.96. The van der Waals surface area contributed by atoms with Gasteiger partial charge in [0.2, 0.25) is 0 Å². The third-order valence-corrected chi connectivity index (χ3v) is 4.26. The number of thiazole rings is 1. The Kier molecular flexibility index (Phi) is 3.53. The molecule has 0 radical (unpaired) electrons. The summed E-state index contributed by atoms with van der Waals surface area (Å²) in [5.74, 6) is -0.176. The summed E-state index contributed by atoms with van der Waals surface area (Å²) in [5, 5.41) is 1.07. The maximum Gasteiger partial charge on any atom is 0.259 e. The molecule has 2 aromatic heterocycles. The summed E-state index contributed by atoms with van der Waals surface area (Å²) in [6.45, 7) is 0. The molecule has 0 atom stereocenters. The van der Waals surface area contributed by atoms with Crippen LogP contribution in [-0.4, -0.2) is 36.2 Å². The van der Waals surface area contributed by atoms with E-state index in [9.17, 15) is 9.18 Å². The van der Waals surface area contributed by atoms with Crippen molar-refractivity contribution in [1.82, 2.24) is 15.0 Å². The number of fused-ring (bicyclic) bond motifs is 1. The third kappa shape index (κ3) is 2.41. The molecule has 8 heteroatoms. The first-order valence-electron chi connectivity index (χ1n) is 6.40. The van der Waals surface area contributed by atoms with Crippen molar-refractivity contribution < 1.29 is 9.13 Å². The van der Waals surface area contributed by atoms with Crippen LogP contribution in [0.5, 0.6) is 5.75 Å². The Balaban J connectivity index is 2.17. The minimum absolute atomic E-state index is 0.0141.